The Bertz CT molecular complexity index is 1180. The first-order valence-corrected chi connectivity index (χ1v) is 11.4. The zero-order valence-electron chi connectivity index (χ0n) is 16.4. The van der Waals surface area contributed by atoms with E-state index in [4.69, 9.17) is 0 Å². The van der Waals surface area contributed by atoms with Gasteiger partial charge in [0.15, 0.2) is 9.84 Å². The number of carbonyl (C=O) groups excluding carboxylic acids is 1. The zero-order valence-corrected chi connectivity index (χ0v) is 17.2. The number of nitrogens with zero attached hydrogens (tertiary/aromatic N) is 2. The molecule has 3 aromatic rings. The molecule has 30 heavy (non-hydrogen) atoms. The van der Waals surface area contributed by atoms with Crippen LogP contribution in [0.2, 0.25) is 0 Å². The maximum Gasteiger partial charge on any atom is 0.271 e. The Balaban J connectivity index is 1.58. The highest BCUT2D eigenvalue weighted by molar-refractivity contribution is 7.90. The van der Waals surface area contributed by atoms with E-state index in [0.717, 1.165) is 17.5 Å². The van der Waals surface area contributed by atoms with Crippen molar-refractivity contribution in [1.82, 2.24) is 0 Å². The molecule has 1 aliphatic rings. The van der Waals surface area contributed by atoms with E-state index in [1.54, 1.807) is 12.1 Å². The third kappa shape index (κ3) is 4.26. The van der Waals surface area contributed by atoms with Gasteiger partial charge in [-0.2, -0.15) is 5.10 Å². The molecule has 0 bridgehead atoms. The first-order chi connectivity index (χ1) is 14.4. The van der Waals surface area contributed by atoms with Crippen LogP contribution in [0, 0.1) is 0 Å². The SMILES string of the molecule is CS(=O)(=O)c1ccc(NC(=O)C2=NN(c3ccccc3)C(c3ccccc3)C2)cc1. The van der Waals surface area contributed by atoms with Gasteiger partial charge in [-0.1, -0.05) is 48.5 Å². The molecule has 7 heteroatoms. The van der Waals surface area contributed by atoms with Crippen molar-refractivity contribution in [2.24, 2.45) is 5.10 Å². The molecular formula is C23H21N3O3S. The molecule has 1 atom stereocenters. The summed E-state index contributed by atoms with van der Waals surface area (Å²) in [6, 6.07) is 25.7. The largest absolute Gasteiger partial charge is 0.321 e. The maximum absolute atomic E-state index is 12.9. The second kappa shape index (κ2) is 8.12. The number of hydrazone groups is 1. The van der Waals surface area contributed by atoms with Crippen molar-refractivity contribution in [3.8, 4) is 0 Å². The summed E-state index contributed by atoms with van der Waals surface area (Å²) >= 11 is 0. The third-order valence-corrected chi connectivity index (χ3v) is 6.05. The van der Waals surface area contributed by atoms with Gasteiger partial charge < -0.3 is 5.32 Å². The van der Waals surface area contributed by atoms with Crippen LogP contribution in [0.25, 0.3) is 0 Å². The fourth-order valence-corrected chi connectivity index (χ4v) is 4.02. The van der Waals surface area contributed by atoms with Gasteiger partial charge in [-0.3, -0.25) is 9.80 Å². The van der Waals surface area contributed by atoms with E-state index in [-0.39, 0.29) is 16.8 Å². The molecule has 4 rings (SSSR count). The number of nitrogens with one attached hydrogen (secondary N) is 1. The number of anilines is 2. The van der Waals surface area contributed by atoms with Crippen LogP contribution in [-0.4, -0.2) is 26.3 Å². The molecule has 6 nitrogen and oxygen atoms in total. The van der Waals surface area contributed by atoms with Gasteiger partial charge >= 0.3 is 0 Å². The molecule has 1 heterocycles. The minimum atomic E-state index is -3.28. The molecule has 0 saturated heterocycles. The molecule has 1 unspecified atom stereocenters. The average Bonchev–Trinajstić information content (AvgIpc) is 3.20. The number of hydrogen-bond donors (Lipinski definition) is 1. The minimum Gasteiger partial charge on any atom is -0.321 e. The minimum absolute atomic E-state index is 0.0815. The first kappa shape index (κ1) is 19.8. The topological polar surface area (TPSA) is 78.8 Å². The van der Waals surface area contributed by atoms with Crippen molar-refractivity contribution in [2.45, 2.75) is 17.4 Å². The summed E-state index contributed by atoms with van der Waals surface area (Å²) in [7, 11) is -3.28. The summed E-state index contributed by atoms with van der Waals surface area (Å²) in [6.45, 7) is 0. The van der Waals surface area contributed by atoms with Crippen molar-refractivity contribution in [3.63, 3.8) is 0 Å². The van der Waals surface area contributed by atoms with Crippen LogP contribution < -0.4 is 10.3 Å². The molecule has 3 aromatic carbocycles. The number of carbonyl (C=O) groups is 1. The van der Waals surface area contributed by atoms with Gasteiger partial charge in [0, 0.05) is 18.4 Å². The molecule has 152 valence electrons. The van der Waals surface area contributed by atoms with Crippen LogP contribution in [0.3, 0.4) is 0 Å². The summed E-state index contributed by atoms with van der Waals surface area (Å²) in [5, 5.41) is 9.30. The molecule has 0 spiro atoms. The Morgan fingerprint density at radius 3 is 2.13 bits per heavy atom. The molecule has 0 radical (unpaired) electrons. The number of hydrogen-bond acceptors (Lipinski definition) is 5. The normalized spacial score (nSPS) is 16.2. The number of benzene rings is 3. The number of amides is 1. The highest BCUT2D eigenvalue weighted by Gasteiger charge is 2.32. The molecule has 0 fully saturated rings. The lowest BCUT2D eigenvalue weighted by Gasteiger charge is -2.23. The predicted octanol–water partition coefficient (Wildman–Crippen LogP) is 4.04. The van der Waals surface area contributed by atoms with Crippen molar-refractivity contribution >= 4 is 32.8 Å². The van der Waals surface area contributed by atoms with Gasteiger partial charge in [0.1, 0.15) is 5.71 Å². The van der Waals surface area contributed by atoms with E-state index < -0.39 is 9.84 Å². The smallest absolute Gasteiger partial charge is 0.271 e. The van der Waals surface area contributed by atoms with Gasteiger partial charge in [0.2, 0.25) is 0 Å². The number of para-hydroxylation sites is 1. The van der Waals surface area contributed by atoms with Gasteiger partial charge in [0.25, 0.3) is 5.91 Å². The summed E-state index contributed by atoms with van der Waals surface area (Å²) in [6.07, 6.45) is 1.61. The highest BCUT2D eigenvalue weighted by Crippen LogP contribution is 2.35. The van der Waals surface area contributed by atoms with Crippen LogP contribution >= 0.6 is 0 Å². The van der Waals surface area contributed by atoms with Gasteiger partial charge in [-0.15, -0.1) is 0 Å². The first-order valence-electron chi connectivity index (χ1n) is 9.50. The second-order valence-electron chi connectivity index (χ2n) is 7.11. The van der Waals surface area contributed by atoms with Crippen molar-refractivity contribution < 1.29 is 13.2 Å². The summed E-state index contributed by atoms with van der Waals surface area (Å²) in [4.78, 5) is 13.1. The van der Waals surface area contributed by atoms with Gasteiger partial charge in [0.05, 0.1) is 16.6 Å². The quantitative estimate of drug-likeness (QED) is 0.677. The van der Waals surface area contributed by atoms with Crippen LogP contribution in [0.1, 0.15) is 18.0 Å². The third-order valence-electron chi connectivity index (χ3n) is 4.92. The van der Waals surface area contributed by atoms with E-state index >= 15 is 0 Å². The van der Waals surface area contributed by atoms with E-state index in [2.05, 4.69) is 10.4 Å². The van der Waals surface area contributed by atoms with Crippen molar-refractivity contribution in [3.05, 3.63) is 90.5 Å². The van der Waals surface area contributed by atoms with Crippen LogP contribution in [-0.2, 0) is 14.6 Å². The molecule has 0 saturated carbocycles. The molecular weight excluding hydrogens is 398 g/mol. The van der Waals surface area contributed by atoms with Crippen LogP contribution in [0.5, 0.6) is 0 Å². The number of rotatable bonds is 5. The molecule has 1 aliphatic heterocycles. The lowest BCUT2D eigenvalue weighted by Crippen LogP contribution is -2.22. The fraction of sp³-hybridized carbons (Fsp3) is 0.130. The van der Waals surface area contributed by atoms with Crippen molar-refractivity contribution in [1.29, 1.82) is 0 Å². The van der Waals surface area contributed by atoms with E-state index in [1.807, 2.05) is 65.7 Å². The van der Waals surface area contributed by atoms with E-state index in [1.165, 1.54) is 12.1 Å². The Morgan fingerprint density at radius 2 is 1.53 bits per heavy atom. The van der Waals surface area contributed by atoms with E-state index in [9.17, 15) is 13.2 Å². The van der Waals surface area contributed by atoms with Crippen molar-refractivity contribution in [2.75, 3.05) is 16.6 Å². The highest BCUT2D eigenvalue weighted by atomic mass is 32.2. The van der Waals surface area contributed by atoms with E-state index in [0.29, 0.717) is 17.8 Å². The molecule has 1 N–H and O–H groups in total. The van der Waals surface area contributed by atoms with Gasteiger partial charge in [-0.25, -0.2) is 8.42 Å². The molecule has 1 amide bonds. The standard InChI is InChI=1S/C23H21N3O3S/c1-30(28,29)20-14-12-18(13-15-20)24-23(27)21-16-22(17-8-4-2-5-9-17)26(25-21)19-10-6-3-7-11-19/h2-15,22H,16H2,1H3,(H,24,27). The zero-order chi connectivity index (χ0) is 21.1. The van der Waals surface area contributed by atoms with Crippen LogP contribution in [0.15, 0.2) is 94.9 Å². The Hall–Kier alpha value is -3.45. The number of sulfone groups is 1. The van der Waals surface area contributed by atoms with Gasteiger partial charge in [-0.05, 0) is 42.0 Å². The Morgan fingerprint density at radius 1 is 0.933 bits per heavy atom. The summed E-state index contributed by atoms with van der Waals surface area (Å²) in [5.74, 6) is -0.304. The monoisotopic (exact) mass is 419 g/mol. The van der Waals surface area contributed by atoms with Crippen LogP contribution in [0.4, 0.5) is 11.4 Å². The Kier molecular flexibility index (Phi) is 5.37. The molecule has 0 aromatic heterocycles. The molecule has 0 aliphatic carbocycles. The second-order valence-corrected chi connectivity index (χ2v) is 9.12. The summed E-state index contributed by atoms with van der Waals surface area (Å²) in [5.41, 5.74) is 2.92. The predicted molar refractivity (Wildman–Crippen MR) is 118 cm³/mol. The maximum atomic E-state index is 12.9. The lowest BCUT2D eigenvalue weighted by atomic mass is 10.0. The summed E-state index contributed by atoms with van der Waals surface area (Å²) < 4.78 is 23.2. The fourth-order valence-electron chi connectivity index (χ4n) is 3.39. The average molecular weight is 420 g/mol. The lowest BCUT2D eigenvalue weighted by molar-refractivity contribution is -0.110. The Labute approximate surface area is 175 Å².